The topological polar surface area (TPSA) is 292 Å². The van der Waals surface area contributed by atoms with Crippen LogP contribution >= 0.6 is 0 Å². The Hall–Kier alpha value is -3.34. The molecule has 0 heterocycles. The zero-order chi connectivity index (χ0) is 26.4. The highest BCUT2D eigenvalue weighted by molar-refractivity contribution is 5.96. The molecule has 0 bridgehead atoms. The van der Waals surface area contributed by atoms with Gasteiger partial charge in [0.25, 0.3) is 0 Å². The summed E-state index contributed by atoms with van der Waals surface area (Å²) in [6.45, 7) is 0.312. The minimum atomic E-state index is -2.00. The Morgan fingerprint density at radius 2 is 1.12 bits per heavy atom. The normalized spacial score (nSPS) is 14.4. The molecule has 16 heteroatoms. The molecule has 3 amide bonds. The van der Waals surface area contributed by atoms with E-state index in [0.717, 1.165) is 0 Å². The molecule has 0 saturated heterocycles. The molecular weight excluding hydrogens is 462 g/mol. The molecule has 0 saturated carbocycles. The number of carboxylic acid groups (broad SMARTS) is 3. The molecule has 0 aromatic carbocycles. The van der Waals surface area contributed by atoms with Gasteiger partial charge in [0.2, 0.25) is 17.7 Å². The van der Waals surface area contributed by atoms with Crippen LogP contribution in [0.4, 0.5) is 0 Å². The van der Waals surface area contributed by atoms with E-state index in [1.54, 1.807) is 0 Å². The summed E-state index contributed by atoms with van der Waals surface area (Å²) in [5.41, 5.74) is 10.7. The lowest BCUT2D eigenvalue weighted by Crippen LogP contribution is -2.58. The van der Waals surface area contributed by atoms with Gasteiger partial charge in [0.15, 0.2) is 6.29 Å². The second-order valence-electron chi connectivity index (χ2n) is 7.34. The number of hydrogen-bond acceptors (Lipinski definition) is 10. The highest BCUT2D eigenvalue weighted by Crippen LogP contribution is 2.06. The molecule has 12 N–H and O–H groups in total. The number of aliphatic hydroxyl groups is 2. The first-order valence-corrected chi connectivity index (χ1v) is 10.2. The van der Waals surface area contributed by atoms with Gasteiger partial charge in [-0.2, -0.15) is 0 Å². The zero-order valence-electron chi connectivity index (χ0n) is 18.2. The average Bonchev–Trinajstić information content (AvgIpc) is 2.70. The number of nitrogens with two attached hydrogens (primary N) is 2. The van der Waals surface area contributed by atoms with E-state index in [4.69, 9.17) is 26.8 Å². The van der Waals surface area contributed by atoms with Crippen LogP contribution in [0.2, 0.25) is 0 Å². The lowest BCUT2D eigenvalue weighted by Gasteiger charge is -2.25. The van der Waals surface area contributed by atoms with E-state index < -0.39 is 85.3 Å². The van der Waals surface area contributed by atoms with Crippen LogP contribution in [0, 0.1) is 0 Å². The number of unbranched alkanes of at least 4 members (excludes halogenated alkanes) is 1. The number of aliphatic hydroxyl groups excluding tert-OH is 1. The van der Waals surface area contributed by atoms with Crippen LogP contribution in [-0.2, 0) is 28.8 Å². The smallest absolute Gasteiger partial charge is 0.305 e. The second-order valence-corrected chi connectivity index (χ2v) is 7.34. The van der Waals surface area contributed by atoms with Crippen molar-refractivity contribution in [1.29, 1.82) is 0 Å². The Morgan fingerprint density at radius 1 is 0.676 bits per heavy atom. The largest absolute Gasteiger partial charge is 0.481 e. The summed E-state index contributed by atoms with van der Waals surface area (Å²) in [7, 11) is 0. The van der Waals surface area contributed by atoms with E-state index in [-0.39, 0.29) is 6.42 Å². The third-order valence-electron chi connectivity index (χ3n) is 4.41. The fourth-order valence-electron chi connectivity index (χ4n) is 2.69. The number of rotatable bonds is 17. The van der Waals surface area contributed by atoms with Crippen molar-refractivity contribution >= 4 is 35.6 Å². The number of amides is 3. The first-order chi connectivity index (χ1) is 15.8. The predicted octanol–water partition coefficient (Wildman–Crippen LogP) is -4.37. The minimum Gasteiger partial charge on any atom is -0.481 e. The van der Waals surface area contributed by atoms with Gasteiger partial charge >= 0.3 is 17.9 Å². The Labute approximate surface area is 193 Å². The van der Waals surface area contributed by atoms with E-state index in [9.17, 15) is 39.0 Å². The fraction of sp³-hybridized carbons (Fsp3) is 0.667. The Kier molecular flexibility index (Phi) is 14.0. The van der Waals surface area contributed by atoms with E-state index in [0.29, 0.717) is 19.4 Å². The number of hydrogen-bond donors (Lipinski definition) is 10. The number of carbonyl (C=O) groups is 6. The summed E-state index contributed by atoms with van der Waals surface area (Å²) in [4.78, 5) is 70.0. The summed E-state index contributed by atoms with van der Waals surface area (Å²) < 4.78 is 0. The van der Waals surface area contributed by atoms with Gasteiger partial charge in [-0.15, -0.1) is 0 Å². The molecular formula is C18H31N5O11. The number of nitrogens with one attached hydrogen (secondary N) is 3. The molecule has 4 atom stereocenters. The van der Waals surface area contributed by atoms with Crippen molar-refractivity contribution in [3.63, 3.8) is 0 Å². The zero-order valence-corrected chi connectivity index (χ0v) is 18.2. The van der Waals surface area contributed by atoms with Gasteiger partial charge in [-0.3, -0.25) is 28.8 Å². The SMILES string of the molecule is NCCCC[C@H](NC(=O)[C@H](CC(=O)O)NC(=O)[C@H](CC(=O)O)NC(=O)[C@@H](N)CC(=O)O)C(O)O. The molecule has 0 spiro atoms. The summed E-state index contributed by atoms with van der Waals surface area (Å²) in [6.07, 6.45) is -3.78. The highest BCUT2D eigenvalue weighted by Gasteiger charge is 2.32. The molecule has 0 radical (unpaired) electrons. The van der Waals surface area contributed by atoms with Crippen LogP contribution in [0.5, 0.6) is 0 Å². The molecule has 194 valence electrons. The maximum Gasteiger partial charge on any atom is 0.305 e. The molecule has 0 aliphatic heterocycles. The number of aliphatic carboxylic acids is 3. The quantitative estimate of drug-likeness (QED) is 0.0677. The summed E-state index contributed by atoms with van der Waals surface area (Å²) in [6, 6.07) is -6.42. The molecule has 0 aliphatic rings. The molecule has 0 aromatic heterocycles. The van der Waals surface area contributed by atoms with E-state index in [2.05, 4.69) is 5.32 Å². The number of carboxylic acids is 3. The molecule has 0 aliphatic carbocycles. The summed E-state index contributed by atoms with van der Waals surface area (Å²) in [5.74, 6) is -8.02. The van der Waals surface area contributed by atoms with Gasteiger partial charge in [-0.1, -0.05) is 0 Å². The maximum atomic E-state index is 12.6. The van der Waals surface area contributed by atoms with Crippen molar-refractivity contribution in [3.8, 4) is 0 Å². The summed E-state index contributed by atoms with van der Waals surface area (Å²) in [5, 5.41) is 51.8. The summed E-state index contributed by atoms with van der Waals surface area (Å²) >= 11 is 0. The van der Waals surface area contributed by atoms with Crippen LogP contribution in [-0.4, -0.2) is 98.2 Å². The lowest BCUT2D eigenvalue weighted by atomic mass is 10.1. The van der Waals surface area contributed by atoms with Gasteiger partial charge in [0, 0.05) is 0 Å². The van der Waals surface area contributed by atoms with Crippen molar-refractivity contribution in [3.05, 3.63) is 0 Å². The third-order valence-corrected chi connectivity index (χ3v) is 4.41. The highest BCUT2D eigenvalue weighted by atomic mass is 16.5. The van der Waals surface area contributed by atoms with Gasteiger partial charge in [-0.05, 0) is 25.8 Å². The van der Waals surface area contributed by atoms with Crippen molar-refractivity contribution in [1.82, 2.24) is 16.0 Å². The Balaban J connectivity index is 5.48. The van der Waals surface area contributed by atoms with Crippen LogP contribution in [0.3, 0.4) is 0 Å². The minimum absolute atomic E-state index is 0.0769. The maximum absolute atomic E-state index is 12.6. The van der Waals surface area contributed by atoms with Crippen LogP contribution in [0.1, 0.15) is 38.5 Å². The van der Waals surface area contributed by atoms with Gasteiger partial charge in [-0.25, -0.2) is 0 Å². The molecule has 0 rings (SSSR count). The van der Waals surface area contributed by atoms with Crippen molar-refractivity contribution < 1.29 is 54.3 Å². The van der Waals surface area contributed by atoms with Crippen molar-refractivity contribution in [2.24, 2.45) is 11.5 Å². The monoisotopic (exact) mass is 493 g/mol. The van der Waals surface area contributed by atoms with E-state index in [1.165, 1.54) is 0 Å². The fourth-order valence-corrected chi connectivity index (χ4v) is 2.69. The Bertz CT molecular complexity index is 746. The molecule has 0 unspecified atom stereocenters. The van der Waals surface area contributed by atoms with Crippen LogP contribution in [0.15, 0.2) is 0 Å². The molecule has 0 fully saturated rings. The van der Waals surface area contributed by atoms with Crippen molar-refractivity contribution in [2.45, 2.75) is 69.0 Å². The predicted molar refractivity (Wildman–Crippen MR) is 112 cm³/mol. The van der Waals surface area contributed by atoms with Crippen LogP contribution in [0.25, 0.3) is 0 Å². The average molecular weight is 493 g/mol. The molecule has 0 aromatic rings. The van der Waals surface area contributed by atoms with Gasteiger partial charge < -0.3 is 53.0 Å². The van der Waals surface area contributed by atoms with E-state index in [1.807, 2.05) is 10.6 Å². The van der Waals surface area contributed by atoms with Crippen LogP contribution < -0.4 is 27.4 Å². The lowest BCUT2D eigenvalue weighted by molar-refractivity contribution is -0.144. The second kappa shape index (κ2) is 15.5. The molecule has 34 heavy (non-hydrogen) atoms. The Morgan fingerprint density at radius 3 is 1.53 bits per heavy atom. The van der Waals surface area contributed by atoms with Gasteiger partial charge in [0.1, 0.15) is 12.1 Å². The molecule has 16 nitrogen and oxygen atoms in total. The standard InChI is InChI=1S/C18H31N5O11/c19-4-2-1-3-9(18(33)34)21-16(31)11(7-14(28)29)23-17(32)10(6-13(26)27)22-15(30)8(20)5-12(24)25/h8-11,18,33-34H,1-7,19-20H2,(H,21,31)(H,22,30)(H,23,32)(H,24,25)(H,26,27)(H,28,29)/t8-,9-,10-,11-/m0/s1. The third kappa shape index (κ3) is 12.6. The van der Waals surface area contributed by atoms with E-state index >= 15 is 0 Å². The van der Waals surface area contributed by atoms with Gasteiger partial charge in [0.05, 0.1) is 31.3 Å². The first-order valence-electron chi connectivity index (χ1n) is 10.2. The first kappa shape index (κ1) is 30.7. The number of carbonyl (C=O) groups excluding carboxylic acids is 3. The van der Waals surface area contributed by atoms with Crippen molar-refractivity contribution in [2.75, 3.05) is 6.54 Å².